The molecule has 1 atom stereocenters. The first kappa shape index (κ1) is 15.7. The summed E-state index contributed by atoms with van der Waals surface area (Å²) in [6, 6.07) is 0. The van der Waals surface area contributed by atoms with Crippen molar-refractivity contribution in [3.8, 4) is 0 Å². The van der Waals surface area contributed by atoms with Gasteiger partial charge in [-0.3, -0.25) is 4.79 Å². The molecule has 0 radical (unpaired) electrons. The second kappa shape index (κ2) is 6.85. The van der Waals surface area contributed by atoms with Gasteiger partial charge < -0.3 is 15.3 Å². The maximum absolute atomic E-state index is 12.5. The fourth-order valence-corrected chi connectivity index (χ4v) is 2.78. The normalized spacial score (nSPS) is 22.1. The molecule has 6 heteroatoms. The molecule has 1 aliphatic heterocycles. The van der Waals surface area contributed by atoms with Crippen LogP contribution in [0.5, 0.6) is 0 Å². The summed E-state index contributed by atoms with van der Waals surface area (Å²) >= 11 is 0. The molecule has 0 saturated carbocycles. The minimum Gasteiger partial charge on any atom is -0.396 e. The minimum absolute atomic E-state index is 0.0518. The van der Waals surface area contributed by atoms with Crippen LogP contribution in [-0.2, 0) is 0 Å². The lowest BCUT2D eigenvalue weighted by Crippen LogP contribution is -2.47. The maximum Gasteiger partial charge on any atom is 0.257 e. The average molecular weight is 292 g/mol. The van der Waals surface area contributed by atoms with Crippen LogP contribution >= 0.6 is 0 Å². The molecule has 1 aromatic heterocycles. The van der Waals surface area contributed by atoms with Gasteiger partial charge in [-0.2, -0.15) is 0 Å². The Bertz CT molecular complexity index is 471. The molecule has 1 fully saturated rings. The molecule has 2 rings (SSSR count). The first-order valence-electron chi connectivity index (χ1n) is 7.60. The van der Waals surface area contributed by atoms with Crippen molar-refractivity contribution in [2.24, 2.45) is 5.41 Å². The van der Waals surface area contributed by atoms with E-state index in [0.29, 0.717) is 18.1 Å². The Balaban J connectivity index is 2.08. The van der Waals surface area contributed by atoms with Crippen molar-refractivity contribution in [3.63, 3.8) is 0 Å². The van der Waals surface area contributed by atoms with Gasteiger partial charge >= 0.3 is 0 Å². The van der Waals surface area contributed by atoms with Gasteiger partial charge in [0.2, 0.25) is 5.95 Å². The van der Waals surface area contributed by atoms with Crippen LogP contribution in [-0.4, -0.2) is 52.1 Å². The Morgan fingerprint density at radius 2 is 2.14 bits per heavy atom. The highest BCUT2D eigenvalue weighted by atomic mass is 16.3. The van der Waals surface area contributed by atoms with Gasteiger partial charge in [0.05, 0.1) is 12.2 Å². The lowest BCUT2D eigenvalue weighted by atomic mass is 9.78. The number of carbonyl (C=O) groups is 1. The fraction of sp³-hybridized carbons (Fsp3) is 0.667. The molecule has 116 valence electrons. The third-order valence-electron chi connectivity index (χ3n) is 4.27. The second-order valence-electron chi connectivity index (χ2n) is 5.67. The smallest absolute Gasteiger partial charge is 0.257 e. The number of hydrogen-bond acceptors (Lipinski definition) is 5. The van der Waals surface area contributed by atoms with E-state index in [0.717, 1.165) is 32.4 Å². The standard InChI is InChI=1S/C15H24N4O2/c1-3-15(11-20)6-5-7-19(10-15)13(21)12-8-17-14(16-4-2)18-9-12/h8-9,20H,3-7,10-11H2,1-2H3,(H,16,17,18)/t15-/m1/s1. The number of piperidine rings is 1. The van der Waals surface area contributed by atoms with Crippen molar-refractivity contribution in [1.82, 2.24) is 14.9 Å². The third-order valence-corrected chi connectivity index (χ3v) is 4.27. The number of likely N-dealkylation sites (tertiary alicyclic amines) is 1. The summed E-state index contributed by atoms with van der Waals surface area (Å²) in [5.41, 5.74) is 0.347. The zero-order valence-corrected chi connectivity index (χ0v) is 12.8. The van der Waals surface area contributed by atoms with Gasteiger partial charge in [0, 0.05) is 37.4 Å². The molecule has 1 aliphatic rings. The number of nitrogens with one attached hydrogen (secondary N) is 1. The fourth-order valence-electron chi connectivity index (χ4n) is 2.78. The van der Waals surface area contributed by atoms with Crippen LogP contribution in [0.1, 0.15) is 43.5 Å². The van der Waals surface area contributed by atoms with Gasteiger partial charge in [0.25, 0.3) is 5.91 Å². The molecular weight excluding hydrogens is 268 g/mol. The van der Waals surface area contributed by atoms with Crippen molar-refractivity contribution in [2.75, 3.05) is 31.6 Å². The molecular formula is C15H24N4O2. The highest BCUT2D eigenvalue weighted by molar-refractivity contribution is 5.93. The van der Waals surface area contributed by atoms with Crippen LogP contribution in [0.3, 0.4) is 0 Å². The Hall–Kier alpha value is -1.69. The largest absolute Gasteiger partial charge is 0.396 e. The van der Waals surface area contributed by atoms with E-state index < -0.39 is 0 Å². The van der Waals surface area contributed by atoms with E-state index in [2.05, 4.69) is 22.2 Å². The Morgan fingerprint density at radius 1 is 1.43 bits per heavy atom. The Labute approximate surface area is 125 Å². The first-order valence-corrected chi connectivity index (χ1v) is 7.60. The summed E-state index contributed by atoms with van der Waals surface area (Å²) in [6.45, 7) is 6.25. The van der Waals surface area contributed by atoms with Crippen molar-refractivity contribution >= 4 is 11.9 Å². The van der Waals surface area contributed by atoms with E-state index in [9.17, 15) is 9.90 Å². The molecule has 6 nitrogen and oxygen atoms in total. The summed E-state index contributed by atoms with van der Waals surface area (Å²) in [7, 11) is 0. The molecule has 2 N–H and O–H groups in total. The topological polar surface area (TPSA) is 78.4 Å². The van der Waals surface area contributed by atoms with Crippen LogP contribution in [0.25, 0.3) is 0 Å². The van der Waals surface area contributed by atoms with Crippen molar-refractivity contribution in [2.45, 2.75) is 33.1 Å². The van der Waals surface area contributed by atoms with Crippen LogP contribution in [0.2, 0.25) is 0 Å². The Morgan fingerprint density at radius 3 is 2.71 bits per heavy atom. The monoisotopic (exact) mass is 292 g/mol. The molecule has 0 aromatic carbocycles. The van der Waals surface area contributed by atoms with Crippen molar-refractivity contribution in [3.05, 3.63) is 18.0 Å². The van der Waals surface area contributed by atoms with E-state index in [4.69, 9.17) is 0 Å². The lowest BCUT2D eigenvalue weighted by Gasteiger charge is -2.41. The quantitative estimate of drug-likeness (QED) is 0.860. The third kappa shape index (κ3) is 3.50. The zero-order chi connectivity index (χ0) is 15.3. The number of aliphatic hydroxyl groups excluding tert-OH is 1. The predicted octanol–water partition coefficient (Wildman–Crippen LogP) is 1.53. The van der Waals surface area contributed by atoms with Crippen molar-refractivity contribution in [1.29, 1.82) is 0 Å². The average Bonchev–Trinajstić information content (AvgIpc) is 2.55. The summed E-state index contributed by atoms with van der Waals surface area (Å²) in [5, 5.41) is 12.6. The number of hydrogen-bond donors (Lipinski definition) is 2. The van der Waals surface area contributed by atoms with Gasteiger partial charge in [-0.25, -0.2) is 9.97 Å². The number of aromatic nitrogens is 2. The molecule has 0 unspecified atom stereocenters. The number of anilines is 1. The molecule has 21 heavy (non-hydrogen) atoms. The van der Waals surface area contributed by atoms with Gasteiger partial charge in [-0.1, -0.05) is 6.92 Å². The maximum atomic E-state index is 12.5. The first-order chi connectivity index (χ1) is 10.1. The molecule has 0 bridgehead atoms. The number of nitrogens with zero attached hydrogens (tertiary/aromatic N) is 3. The number of carbonyl (C=O) groups excluding carboxylic acids is 1. The lowest BCUT2D eigenvalue weighted by molar-refractivity contribution is 0.0251. The van der Waals surface area contributed by atoms with Crippen LogP contribution < -0.4 is 5.32 Å². The highest BCUT2D eigenvalue weighted by Gasteiger charge is 2.35. The van der Waals surface area contributed by atoms with Gasteiger partial charge in [0.1, 0.15) is 0 Å². The predicted molar refractivity (Wildman–Crippen MR) is 81.1 cm³/mol. The van der Waals surface area contributed by atoms with Crippen LogP contribution in [0.15, 0.2) is 12.4 Å². The zero-order valence-electron chi connectivity index (χ0n) is 12.8. The van der Waals surface area contributed by atoms with E-state index in [1.54, 1.807) is 12.4 Å². The SMILES string of the molecule is CCNc1ncc(C(=O)N2CCC[C@@](CC)(CO)C2)cn1. The van der Waals surface area contributed by atoms with Crippen LogP contribution in [0.4, 0.5) is 5.95 Å². The second-order valence-corrected chi connectivity index (χ2v) is 5.67. The molecule has 1 aromatic rings. The highest BCUT2D eigenvalue weighted by Crippen LogP contribution is 2.33. The molecule has 1 saturated heterocycles. The summed E-state index contributed by atoms with van der Waals surface area (Å²) in [5.74, 6) is 0.481. The van der Waals surface area contributed by atoms with E-state index in [1.165, 1.54) is 0 Å². The van der Waals surface area contributed by atoms with E-state index >= 15 is 0 Å². The van der Waals surface area contributed by atoms with Crippen LogP contribution in [0, 0.1) is 5.41 Å². The van der Waals surface area contributed by atoms with Gasteiger partial charge in [-0.15, -0.1) is 0 Å². The summed E-state index contributed by atoms with van der Waals surface area (Å²) in [6.07, 6.45) is 5.91. The summed E-state index contributed by atoms with van der Waals surface area (Å²) < 4.78 is 0. The number of amides is 1. The van der Waals surface area contributed by atoms with E-state index in [1.807, 2.05) is 11.8 Å². The summed E-state index contributed by atoms with van der Waals surface area (Å²) in [4.78, 5) is 22.6. The van der Waals surface area contributed by atoms with Gasteiger partial charge in [0.15, 0.2) is 0 Å². The number of rotatable bonds is 5. The number of aliphatic hydroxyl groups is 1. The molecule has 1 amide bonds. The molecule has 0 spiro atoms. The minimum atomic E-state index is -0.154. The van der Waals surface area contributed by atoms with Crippen molar-refractivity contribution < 1.29 is 9.90 Å². The molecule has 0 aliphatic carbocycles. The van der Waals surface area contributed by atoms with Gasteiger partial charge in [-0.05, 0) is 26.2 Å². The molecule has 2 heterocycles. The Kier molecular flexibility index (Phi) is 5.12. The van der Waals surface area contributed by atoms with E-state index in [-0.39, 0.29) is 17.9 Å².